The summed E-state index contributed by atoms with van der Waals surface area (Å²) in [7, 11) is 0. The Morgan fingerprint density at radius 1 is 1.50 bits per heavy atom. The highest BCUT2D eigenvalue weighted by Crippen LogP contribution is 2.18. The van der Waals surface area contributed by atoms with Crippen molar-refractivity contribution in [3.05, 3.63) is 10.7 Å². The Morgan fingerprint density at radius 3 is 2.25 bits per heavy atom. The molecule has 0 unspecified atom stereocenters. The molecule has 0 saturated carbocycles. The Morgan fingerprint density at radius 2 is 2.12 bits per heavy atom. The molecule has 3 nitrogen and oxygen atoms in total. The molecule has 0 radical (unpaired) electrons. The van der Waals surface area contributed by atoms with E-state index in [0.717, 1.165) is 0 Å². The van der Waals surface area contributed by atoms with Gasteiger partial charge in [-0.05, 0) is 6.92 Å². The number of hydrogen-bond acceptors (Lipinski definition) is 2. The molecule has 1 N–H and O–H groups in total. The van der Waals surface area contributed by atoms with Crippen molar-refractivity contribution < 1.29 is 0 Å². The lowest BCUT2D eigenvalue weighted by Crippen LogP contribution is -1.83. The molecule has 1 aliphatic rings. The smallest absolute Gasteiger partial charge is 0.187 e. The highest BCUT2D eigenvalue weighted by atomic mass is 35.5. The summed E-state index contributed by atoms with van der Waals surface area (Å²) in [4.78, 5) is 0. The van der Waals surface area contributed by atoms with E-state index in [-0.39, 0.29) is 5.84 Å². The molecule has 0 saturated heterocycles. The van der Waals surface area contributed by atoms with Gasteiger partial charge in [-0.25, -0.2) is 0 Å². The van der Waals surface area contributed by atoms with E-state index in [1.54, 1.807) is 6.92 Å². The van der Waals surface area contributed by atoms with Gasteiger partial charge in [0.05, 0.1) is 5.70 Å². The van der Waals surface area contributed by atoms with E-state index in [2.05, 4.69) is 10.2 Å². The van der Waals surface area contributed by atoms with Gasteiger partial charge in [-0.1, -0.05) is 11.6 Å². The minimum atomic E-state index is 0.0594. The number of hydrogen-bond donors (Lipinski definition) is 1. The zero-order valence-electron chi connectivity index (χ0n) is 4.27. The summed E-state index contributed by atoms with van der Waals surface area (Å²) < 4.78 is 0. The summed E-state index contributed by atoms with van der Waals surface area (Å²) in [6.45, 7) is 1.72. The second kappa shape index (κ2) is 1.67. The molecule has 0 amide bonds. The molecule has 1 heterocycles. The van der Waals surface area contributed by atoms with Crippen LogP contribution in [0.15, 0.2) is 21.0 Å². The lowest BCUT2D eigenvalue weighted by atomic mass is 10.4. The second-order valence-corrected chi connectivity index (χ2v) is 1.83. The Hall–Kier alpha value is -0.700. The van der Waals surface area contributed by atoms with E-state index in [1.165, 1.54) is 0 Å². The summed E-state index contributed by atoms with van der Waals surface area (Å²) in [5.74, 6) is 0.0594. The van der Waals surface area contributed by atoms with Crippen molar-refractivity contribution in [2.24, 2.45) is 10.2 Å². The second-order valence-electron chi connectivity index (χ2n) is 1.45. The molecule has 0 bridgehead atoms. The van der Waals surface area contributed by atoms with E-state index in [9.17, 15) is 0 Å². The van der Waals surface area contributed by atoms with E-state index >= 15 is 0 Å². The minimum absolute atomic E-state index is 0.0594. The first kappa shape index (κ1) is 5.44. The quantitative estimate of drug-likeness (QED) is 0.520. The minimum Gasteiger partial charge on any atom is -0.280 e. The van der Waals surface area contributed by atoms with Crippen LogP contribution in [0.5, 0.6) is 0 Å². The van der Waals surface area contributed by atoms with Gasteiger partial charge in [0.15, 0.2) is 5.84 Å². The van der Waals surface area contributed by atoms with Gasteiger partial charge in [-0.2, -0.15) is 5.11 Å². The molecule has 0 aromatic heterocycles. The van der Waals surface area contributed by atoms with E-state index in [4.69, 9.17) is 17.0 Å². The number of nitrogens with zero attached hydrogens (tertiary/aromatic N) is 2. The number of halogens is 1. The summed E-state index contributed by atoms with van der Waals surface area (Å²) >= 11 is 5.48. The standard InChI is InChI=1S/C4H4ClN3/c1-2-3(5)4(6)8-7-2/h6H,1H3. The highest BCUT2D eigenvalue weighted by molar-refractivity contribution is 6.43. The Labute approximate surface area is 51.6 Å². The summed E-state index contributed by atoms with van der Waals surface area (Å²) in [5, 5.41) is 14.2. The van der Waals surface area contributed by atoms with Gasteiger partial charge in [0.2, 0.25) is 0 Å². The summed E-state index contributed by atoms with van der Waals surface area (Å²) in [6.07, 6.45) is 0. The zero-order chi connectivity index (χ0) is 6.15. The average molecular weight is 130 g/mol. The Balaban J connectivity index is 3.02. The predicted octanol–water partition coefficient (Wildman–Crippen LogP) is 1.90. The molecule has 0 fully saturated rings. The van der Waals surface area contributed by atoms with Gasteiger partial charge < -0.3 is 0 Å². The lowest BCUT2D eigenvalue weighted by Gasteiger charge is -1.81. The Kier molecular flexibility index (Phi) is 1.13. The van der Waals surface area contributed by atoms with Gasteiger partial charge in [-0.15, -0.1) is 5.11 Å². The number of azo groups is 1. The van der Waals surface area contributed by atoms with Crippen molar-refractivity contribution in [2.45, 2.75) is 6.92 Å². The van der Waals surface area contributed by atoms with Gasteiger partial charge in [0.1, 0.15) is 5.03 Å². The van der Waals surface area contributed by atoms with Gasteiger partial charge in [0, 0.05) is 0 Å². The fourth-order valence-electron chi connectivity index (χ4n) is 0.384. The number of rotatable bonds is 0. The van der Waals surface area contributed by atoms with Crippen LogP contribution in [0.1, 0.15) is 6.92 Å². The molecule has 0 aliphatic carbocycles. The maximum Gasteiger partial charge on any atom is 0.187 e. The SMILES string of the molecule is CC1=C(Cl)C(=N)N=N1. The molecule has 1 aliphatic heterocycles. The van der Waals surface area contributed by atoms with Crippen LogP contribution in [-0.4, -0.2) is 5.84 Å². The normalized spacial score (nSPS) is 18.5. The molecular formula is C4H4ClN3. The van der Waals surface area contributed by atoms with Crippen LogP contribution in [0.25, 0.3) is 0 Å². The van der Waals surface area contributed by atoms with Gasteiger partial charge in [0.25, 0.3) is 0 Å². The zero-order valence-corrected chi connectivity index (χ0v) is 5.03. The number of allylic oxidation sites excluding steroid dienone is 1. The highest BCUT2D eigenvalue weighted by Gasteiger charge is 2.10. The molecule has 8 heavy (non-hydrogen) atoms. The third kappa shape index (κ3) is 0.648. The van der Waals surface area contributed by atoms with Crippen LogP contribution in [0.3, 0.4) is 0 Å². The first-order chi connectivity index (χ1) is 3.72. The first-order valence-electron chi connectivity index (χ1n) is 2.09. The van der Waals surface area contributed by atoms with Crippen molar-refractivity contribution in [1.82, 2.24) is 0 Å². The first-order valence-corrected chi connectivity index (χ1v) is 2.46. The average Bonchev–Trinajstić information content (AvgIpc) is 1.98. The van der Waals surface area contributed by atoms with Gasteiger partial charge in [-0.3, -0.25) is 5.41 Å². The van der Waals surface area contributed by atoms with Crippen molar-refractivity contribution >= 4 is 17.4 Å². The third-order valence-electron chi connectivity index (χ3n) is 0.826. The van der Waals surface area contributed by atoms with Crippen LogP contribution in [-0.2, 0) is 0 Å². The van der Waals surface area contributed by atoms with Crippen LogP contribution < -0.4 is 0 Å². The largest absolute Gasteiger partial charge is 0.280 e. The fraction of sp³-hybridized carbons (Fsp3) is 0.250. The molecule has 42 valence electrons. The Bertz CT molecular complexity index is 187. The van der Waals surface area contributed by atoms with E-state index in [0.29, 0.717) is 10.7 Å². The van der Waals surface area contributed by atoms with Crippen LogP contribution in [0.2, 0.25) is 0 Å². The molecule has 0 atom stereocenters. The van der Waals surface area contributed by atoms with Crippen molar-refractivity contribution in [2.75, 3.05) is 0 Å². The maximum atomic E-state index is 6.93. The topological polar surface area (TPSA) is 48.6 Å². The van der Waals surface area contributed by atoms with Crippen molar-refractivity contribution in [1.29, 1.82) is 5.41 Å². The van der Waals surface area contributed by atoms with Crippen LogP contribution >= 0.6 is 11.6 Å². The van der Waals surface area contributed by atoms with Crippen LogP contribution in [0.4, 0.5) is 0 Å². The molecular weight excluding hydrogens is 126 g/mol. The molecule has 0 aromatic carbocycles. The molecule has 1 rings (SSSR count). The summed E-state index contributed by atoms with van der Waals surface area (Å²) in [6, 6.07) is 0. The molecule has 4 heteroatoms. The summed E-state index contributed by atoms with van der Waals surface area (Å²) in [5.41, 5.74) is 0.622. The molecule has 0 aromatic rings. The monoisotopic (exact) mass is 129 g/mol. The number of amidine groups is 1. The number of nitrogens with one attached hydrogen (secondary N) is 1. The van der Waals surface area contributed by atoms with Crippen LogP contribution in [0, 0.1) is 5.41 Å². The van der Waals surface area contributed by atoms with E-state index < -0.39 is 0 Å². The van der Waals surface area contributed by atoms with Crippen molar-refractivity contribution in [3.8, 4) is 0 Å². The molecule has 0 spiro atoms. The van der Waals surface area contributed by atoms with Crippen molar-refractivity contribution in [3.63, 3.8) is 0 Å². The maximum absolute atomic E-state index is 6.93. The van der Waals surface area contributed by atoms with E-state index in [1.807, 2.05) is 0 Å². The predicted molar refractivity (Wildman–Crippen MR) is 31.1 cm³/mol. The third-order valence-corrected chi connectivity index (χ3v) is 1.28. The fourth-order valence-corrected chi connectivity index (χ4v) is 0.460. The lowest BCUT2D eigenvalue weighted by molar-refractivity contribution is 1.20. The van der Waals surface area contributed by atoms with Gasteiger partial charge >= 0.3 is 0 Å².